The van der Waals surface area contributed by atoms with E-state index in [0.717, 1.165) is 4.90 Å². The Kier molecular flexibility index (Phi) is 2.96. The molecule has 1 heterocycles. The smallest absolute Gasteiger partial charge is 0.336 e. The van der Waals surface area contributed by atoms with Crippen molar-refractivity contribution >= 4 is 35.1 Å². The molecule has 18 heavy (non-hydrogen) atoms. The van der Waals surface area contributed by atoms with Gasteiger partial charge in [0, 0.05) is 11.1 Å². The topological polar surface area (TPSA) is 75.7 Å². The highest BCUT2D eigenvalue weighted by molar-refractivity contribution is 6.53. The van der Waals surface area contributed by atoms with Gasteiger partial charge in [0.25, 0.3) is 0 Å². The fourth-order valence-corrected chi connectivity index (χ4v) is 1.76. The number of hydrogen-bond donors (Lipinski definition) is 1. The lowest BCUT2D eigenvalue weighted by Crippen LogP contribution is -2.31. The highest BCUT2D eigenvalue weighted by Crippen LogP contribution is 2.34. The van der Waals surface area contributed by atoms with Gasteiger partial charge in [-0.15, -0.1) is 0 Å². The Morgan fingerprint density at radius 3 is 2.44 bits per heavy atom. The molecule has 1 aromatic rings. The molecule has 1 fully saturated rings. The molecular weight excluding hydrogens is 260 g/mol. The van der Waals surface area contributed by atoms with Gasteiger partial charge in [0.05, 0.1) is 12.8 Å². The van der Waals surface area contributed by atoms with Crippen LogP contribution in [0, 0.1) is 6.92 Å². The van der Waals surface area contributed by atoms with Crippen molar-refractivity contribution in [1.29, 1.82) is 0 Å². The Hall–Kier alpha value is -2.08. The lowest BCUT2D eigenvalue weighted by molar-refractivity contribution is -0.134. The zero-order chi connectivity index (χ0) is 13.4. The Bertz CT molecular complexity index is 570. The predicted octanol–water partition coefficient (Wildman–Crippen LogP) is 1.24. The van der Waals surface area contributed by atoms with Crippen LogP contribution in [0.5, 0.6) is 5.75 Å². The highest BCUT2D eigenvalue weighted by Gasteiger charge is 2.39. The number of hydrogen-bond acceptors (Lipinski definition) is 4. The third-order valence-electron chi connectivity index (χ3n) is 2.52. The van der Waals surface area contributed by atoms with Crippen molar-refractivity contribution in [3.8, 4) is 5.75 Å². The number of aryl methyl sites for hydroxylation is 1. The van der Waals surface area contributed by atoms with Crippen LogP contribution in [-0.2, 0) is 9.59 Å². The molecule has 2 rings (SSSR count). The molecule has 1 aliphatic rings. The zero-order valence-corrected chi connectivity index (χ0v) is 10.4. The third kappa shape index (κ3) is 1.80. The van der Waals surface area contributed by atoms with Gasteiger partial charge in [0.1, 0.15) is 5.75 Å². The quantitative estimate of drug-likeness (QED) is 0.647. The minimum absolute atomic E-state index is 0.188. The van der Waals surface area contributed by atoms with E-state index >= 15 is 0 Å². The van der Waals surface area contributed by atoms with E-state index in [1.54, 1.807) is 6.92 Å². The van der Waals surface area contributed by atoms with Crippen LogP contribution in [-0.4, -0.2) is 25.0 Å². The van der Waals surface area contributed by atoms with Crippen molar-refractivity contribution in [2.75, 3.05) is 12.0 Å². The third-order valence-corrected chi connectivity index (χ3v) is 2.93. The lowest BCUT2D eigenvalue weighted by Gasteiger charge is -2.16. The maximum atomic E-state index is 11.6. The Morgan fingerprint density at radius 2 is 1.94 bits per heavy atom. The molecule has 0 bridgehead atoms. The van der Waals surface area contributed by atoms with Gasteiger partial charge in [-0.1, -0.05) is 11.6 Å². The van der Waals surface area contributed by atoms with Crippen molar-refractivity contribution in [2.24, 2.45) is 0 Å². The van der Waals surface area contributed by atoms with Crippen molar-refractivity contribution in [2.45, 2.75) is 6.92 Å². The molecule has 1 saturated heterocycles. The molecule has 4 amide bonds. The fourth-order valence-electron chi connectivity index (χ4n) is 1.61. The summed E-state index contributed by atoms with van der Waals surface area (Å²) in [4.78, 5) is 35.0. The van der Waals surface area contributed by atoms with Crippen molar-refractivity contribution in [3.05, 3.63) is 22.7 Å². The predicted molar refractivity (Wildman–Crippen MR) is 63.8 cm³/mol. The molecule has 7 heteroatoms. The van der Waals surface area contributed by atoms with Crippen LogP contribution < -0.4 is 15.0 Å². The first kappa shape index (κ1) is 12.4. The van der Waals surface area contributed by atoms with Gasteiger partial charge in [-0.3, -0.25) is 14.9 Å². The monoisotopic (exact) mass is 268 g/mol. The minimum Gasteiger partial charge on any atom is -0.494 e. The molecule has 0 radical (unpaired) electrons. The molecular formula is C11H9ClN2O4. The Labute approximate surface area is 107 Å². The number of amides is 4. The Balaban J connectivity index is 2.57. The van der Waals surface area contributed by atoms with Gasteiger partial charge in [-0.05, 0) is 18.6 Å². The summed E-state index contributed by atoms with van der Waals surface area (Å²) in [6.07, 6.45) is 0. The summed E-state index contributed by atoms with van der Waals surface area (Å²) in [6.45, 7) is 1.71. The zero-order valence-electron chi connectivity index (χ0n) is 9.61. The van der Waals surface area contributed by atoms with Crippen molar-refractivity contribution < 1.29 is 19.1 Å². The molecule has 0 spiro atoms. The minimum atomic E-state index is -0.963. The molecule has 0 aromatic heterocycles. The lowest BCUT2D eigenvalue weighted by atomic mass is 10.2. The van der Waals surface area contributed by atoms with E-state index in [4.69, 9.17) is 16.3 Å². The number of methoxy groups -OCH3 is 1. The Morgan fingerprint density at radius 1 is 1.28 bits per heavy atom. The van der Waals surface area contributed by atoms with Gasteiger partial charge in [-0.25, -0.2) is 9.69 Å². The van der Waals surface area contributed by atoms with Crippen LogP contribution in [0.1, 0.15) is 5.56 Å². The molecule has 1 aliphatic heterocycles. The summed E-state index contributed by atoms with van der Waals surface area (Å²) in [6, 6.07) is 2.19. The van der Waals surface area contributed by atoms with Crippen LogP contribution in [0.25, 0.3) is 0 Å². The van der Waals surface area contributed by atoms with Gasteiger partial charge in [0.2, 0.25) is 0 Å². The summed E-state index contributed by atoms with van der Waals surface area (Å²) in [5.41, 5.74) is 0.847. The summed E-state index contributed by atoms with van der Waals surface area (Å²) in [5, 5.41) is 2.35. The van der Waals surface area contributed by atoms with Crippen LogP contribution >= 0.6 is 11.6 Å². The number of rotatable bonds is 2. The first-order chi connectivity index (χ1) is 8.45. The summed E-state index contributed by atoms with van der Waals surface area (Å²) >= 11 is 5.92. The summed E-state index contributed by atoms with van der Waals surface area (Å²) in [5.74, 6) is -1.67. The number of nitrogens with zero attached hydrogens (tertiary/aromatic N) is 1. The van der Waals surface area contributed by atoms with Gasteiger partial charge in [0.15, 0.2) is 0 Å². The van der Waals surface area contributed by atoms with E-state index in [9.17, 15) is 14.4 Å². The molecule has 0 unspecified atom stereocenters. The average molecular weight is 269 g/mol. The molecule has 1 aromatic carbocycles. The van der Waals surface area contributed by atoms with E-state index in [1.807, 2.05) is 5.32 Å². The van der Waals surface area contributed by atoms with Gasteiger partial charge >= 0.3 is 17.8 Å². The molecule has 94 valence electrons. The summed E-state index contributed by atoms with van der Waals surface area (Å²) in [7, 11) is 1.38. The maximum Gasteiger partial charge on any atom is 0.336 e. The first-order valence-corrected chi connectivity index (χ1v) is 5.37. The first-order valence-electron chi connectivity index (χ1n) is 4.99. The number of nitrogens with one attached hydrogen (secondary N) is 1. The van der Waals surface area contributed by atoms with Crippen molar-refractivity contribution in [1.82, 2.24) is 5.32 Å². The van der Waals surface area contributed by atoms with Crippen LogP contribution in [0.15, 0.2) is 12.1 Å². The molecule has 6 nitrogen and oxygen atoms in total. The number of urea groups is 1. The SMILES string of the molecule is COc1cc(Cl)c(C)cc1N1C(=O)NC(=O)C1=O. The number of ether oxygens (including phenoxy) is 1. The number of carbonyl (C=O) groups is 3. The second kappa shape index (κ2) is 4.30. The number of halogens is 1. The van der Waals surface area contributed by atoms with E-state index in [-0.39, 0.29) is 11.4 Å². The number of carbonyl (C=O) groups excluding carboxylic acids is 3. The van der Waals surface area contributed by atoms with E-state index in [0.29, 0.717) is 10.6 Å². The van der Waals surface area contributed by atoms with E-state index in [1.165, 1.54) is 19.2 Å². The molecule has 0 atom stereocenters. The standard InChI is InChI=1S/C11H9ClN2O4/c1-5-3-7(8(18-2)4-6(5)12)14-10(16)9(15)13-11(14)17/h3-4H,1-2H3,(H,13,15,17). The largest absolute Gasteiger partial charge is 0.494 e. The number of benzene rings is 1. The average Bonchev–Trinajstić information content (AvgIpc) is 2.57. The van der Waals surface area contributed by atoms with Crippen molar-refractivity contribution in [3.63, 3.8) is 0 Å². The maximum absolute atomic E-state index is 11.6. The van der Waals surface area contributed by atoms with Gasteiger partial charge in [-0.2, -0.15) is 0 Å². The number of anilines is 1. The molecule has 1 N–H and O–H groups in total. The fraction of sp³-hybridized carbons (Fsp3) is 0.182. The van der Waals surface area contributed by atoms with Crippen LogP contribution in [0.2, 0.25) is 5.02 Å². The molecule has 0 saturated carbocycles. The highest BCUT2D eigenvalue weighted by atomic mass is 35.5. The molecule has 0 aliphatic carbocycles. The normalized spacial score (nSPS) is 15.1. The second-order valence-corrected chi connectivity index (χ2v) is 4.08. The van der Waals surface area contributed by atoms with E-state index < -0.39 is 17.8 Å². The number of imide groups is 2. The van der Waals surface area contributed by atoms with Gasteiger partial charge < -0.3 is 4.74 Å². The second-order valence-electron chi connectivity index (χ2n) is 3.67. The van der Waals surface area contributed by atoms with Crippen LogP contribution in [0.4, 0.5) is 10.5 Å². The van der Waals surface area contributed by atoms with E-state index in [2.05, 4.69) is 0 Å². The summed E-state index contributed by atoms with van der Waals surface area (Å²) < 4.78 is 5.06. The van der Waals surface area contributed by atoms with Crippen LogP contribution in [0.3, 0.4) is 0 Å².